The van der Waals surface area contributed by atoms with Crippen molar-refractivity contribution in [2.75, 3.05) is 0 Å². The lowest BCUT2D eigenvalue weighted by molar-refractivity contribution is 0.565. The van der Waals surface area contributed by atoms with Crippen LogP contribution in [0.1, 0.15) is 5.76 Å². The zero-order valence-corrected chi connectivity index (χ0v) is 6.79. The summed E-state index contributed by atoms with van der Waals surface area (Å²) >= 11 is 0. The number of hydrogen-bond donors (Lipinski definition) is 0. The van der Waals surface area contributed by atoms with E-state index in [1.165, 1.54) is 0 Å². The Morgan fingerprint density at radius 2 is 2.17 bits per heavy atom. The first kappa shape index (κ1) is 7.17. The van der Waals surface area contributed by atoms with Crippen molar-refractivity contribution in [3.8, 4) is 0 Å². The average Bonchev–Trinajstić information content (AvgIpc) is 2.47. The van der Waals surface area contributed by atoms with Crippen LogP contribution in [0, 0.1) is 0 Å². The predicted molar refractivity (Wildman–Crippen MR) is 50.1 cm³/mol. The fourth-order valence-electron chi connectivity index (χ4n) is 1.28. The van der Waals surface area contributed by atoms with Gasteiger partial charge in [-0.1, -0.05) is 24.3 Å². The molecule has 0 radical (unpaired) electrons. The normalized spacial score (nSPS) is 10.3. The summed E-state index contributed by atoms with van der Waals surface area (Å²) in [5.41, 5.74) is 0.953. The summed E-state index contributed by atoms with van der Waals surface area (Å²) in [4.78, 5) is 0. The Balaban J connectivity index is 2.54. The minimum Gasteiger partial charge on any atom is -0.461 e. The quantitative estimate of drug-likeness (QED) is 0.612. The summed E-state index contributed by atoms with van der Waals surface area (Å²) in [6, 6.07) is 10.1. The molecule has 0 atom stereocenters. The van der Waals surface area contributed by atoms with E-state index in [4.69, 9.17) is 4.42 Å². The zero-order chi connectivity index (χ0) is 8.39. The van der Waals surface area contributed by atoms with Gasteiger partial charge in [0.2, 0.25) is 0 Å². The molecule has 0 N–H and O–H groups in total. The van der Waals surface area contributed by atoms with Crippen molar-refractivity contribution in [1.82, 2.24) is 0 Å². The van der Waals surface area contributed by atoms with E-state index in [1.54, 1.807) is 0 Å². The Hall–Kier alpha value is -1.50. The van der Waals surface area contributed by atoms with E-state index < -0.39 is 0 Å². The highest BCUT2D eigenvalue weighted by Crippen LogP contribution is 2.18. The van der Waals surface area contributed by atoms with Crippen LogP contribution in [0.15, 0.2) is 47.4 Å². The second-order valence-corrected chi connectivity index (χ2v) is 2.74. The van der Waals surface area contributed by atoms with Gasteiger partial charge in [0.15, 0.2) is 0 Å². The lowest BCUT2D eigenvalue weighted by atomic mass is 10.2. The first-order valence-electron chi connectivity index (χ1n) is 3.98. The molecule has 1 heterocycles. The molecule has 0 aliphatic rings. The Labute approximate surface area is 71.3 Å². The van der Waals surface area contributed by atoms with Crippen LogP contribution in [0.4, 0.5) is 0 Å². The van der Waals surface area contributed by atoms with Gasteiger partial charge < -0.3 is 4.42 Å². The van der Waals surface area contributed by atoms with Crippen LogP contribution in [-0.2, 0) is 6.42 Å². The third kappa shape index (κ3) is 1.14. The predicted octanol–water partition coefficient (Wildman–Crippen LogP) is 3.16. The average molecular weight is 158 g/mol. The maximum Gasteiger partial charge on any atom is 0.134 e. The molecule has 1 nitrogen and oxygen atoms in total. The molecule has 0 fully saturated rings. The summed E-state index contributed by atoms with van der Waals surface area (Å²) in [6.07, 6.45) is 2.65. The molecule has 60 valence electrons. The van der Waals surface area contributed by atoms with Crippen molar-refractivity contribution in [3.05, 3.63) is 48.7 Å². The topological polar surface area (TPSA) is 13.1 Å². The largest absolute Gasteiger partial charge is 0.461 e. The van der Waals surface area contributed by atoms with Gasteiger partial charge in [-0.05, 0) is 12.1 Å². The first-order chi connectivity index (χ1) is 5.90. The van der Waals surface area contributed by atoms with Crippen LogP contribution in [-0.4, -0.2) is 0 Å². The maximum absolute atomic E-state index is 5.54. The minimum absolute atomic E-state index is 0.800. The molecule has 1 heteroatoms. The third-order valence-electron chi connectivity index (χ3n) is 1.82. The van der Waals surface area contributed by atoms with Gasteiger partial charge in [0.05, 0.1) is 0 Å². The van der Waals surface area contributed by atoms with Crippen LogP contribution in [0.2, 0.25) is 0 Å². The molecule has 2 rings (SSSR count). The highest BCUT2D eigenvalue weighted by Gasteiger charge is 1.99. The molecule has 12 heavy (non-hydrogen) atoms. The van der Waals surface area contributed by atoms with Crippen molar-refractivity contribution in [2.24, 2.45) is 0 Å². The molecule has 0 unspecified atom stereocenters. The van der Waals surface area contributed by atoms with Gasteiger partial charge in [-0.15, -0.1) is 6.58 Å². The summed E-state index contributed by atoms with van der Waals surface area (Å²) in [5, 5.41) is 1.16. The van der Waals surface area contributed by atoms with Gasteiger partial charge in [0, 0.05) is 11.8 Å². The molecule has 1 aromatic carbocycles. The smallest absolute Gasteiger partial charge is 0.134 e. The van der Waals surface area contributed by atoms with Crippen LogP contribution in [0.25, 0.3) is 11.0 Å². The minimum atomic E-state index is 0.800. The van der Waals surface area contributed by atoms with E-state index in [1.807, 2.05) is 30.3 Å². The van der Waals surface area contributed by atoms with Gasteiger partial charge >= 0.3 is 0 Å². The van der Waals surface area contributed by atoms with Gasteiger partial charge in [-0.3, -0.25) is 0 Å². The number of hydrogen-bond acceptors (Lipinski definition) is 1. The van der Waals surface area contributed by atoms with Gasteiger partial charge in [-0.25, -0.2) is 0 Å². The van der Waals surface area contributed by atoms with E-state index in [0.717, 1.165) is 23.2 Å². The van der Waals surface area contributed by atoms with E-state index in [2.05, 4.69) is 12.6 Å². The molecule has 0 aliphatic carbocycles. The Kier molecular flexibility index (Phi) is 1.71. The van der Waals surface area contributed by atoms with Gasteiger partial charge in [-0.2, -0.15) is 0 Å². The number of furan rings is 1. The van der Waals surface area contributed by atoms with E-state index in [-0.39, 0.29) is 0 Å². The fraction of sp³-hybridized carbons (Fsp3) is 0.0909. The molecule has 0 aliphatic heterocycles. The second kappa shape index (κ2) is 2.86. The number of para-hydroxylation sites is 1. The number of rotatable bonds is 2. The SMILES string of the molecule is C=CCc1cc2ccccc2o1. The molecule has 0 spiro atoms. The van der Waals surface area contributed by atoms with Crippen LogP contribution >= 0.6 is 0 Å². The Morgan fingerprint density at radius 1 is 1.33 bits per heavy atom. The molecule has 0 amide bonds. The number of allylic oxidation sites excluding steroid dienone is 1. The standard InChI is InChI=1S/C11H10O/c1-2-5-10-8-9-6-3-4-7-11(9)12-10/h2-4,6-8H,1,5H2. The number of benzene rings is 1. The lowest BCUT2D eigenvalue weighted by Crippen LogP contribution is -1.70. The van der Waals surface area contributed by atoms with Crippen LogP contribution < -0.4 is 0 Å². The van der Waals surface area contributed by atoms with E-state index in [9.17, 15) is 0 Å². The van der Waals surface area contributed by atoms with Crippen molar-refractivity contribution in [3.63, 3.8) is 0 Å². The molecule has 0 bridgehead atoms. The Morgan fingerprint density at radius 3 is 2.92 bits per heavy atom. The lowest BCUT2D eigenvalue weighted by Gasteiger charge is -1.84. The monoisotopic (exact) mass is 158 g/mol. The highest BCUT2D eigenvalue weighted by atomic mass is 16.3. The van der Waals surface area contributed by atoms with E-state index in [0.29, 0.717) is 0 Å². The van der Waals surface area contributed by atoms with Crippen molar-refractivity contribution < 1.29 is 4.42 Å². The third-order valence-corrected chi connectivity index (χ3v) is 1.82. The first-order valence-corrected chi connectivity index (χ1v) is 3.98. The zero-order valence-electron chi connectivity index (χ0n) is 6.79. The van der Waals surface area contributed by atoms with Crippen LogP contribution in [0.5, 0.6) is 0 Å². The Bertz CT molecular complexity index is 365. The van der Waals surface area contributed by atoms with Crippen molar-refractivity contribution >= 4 is 11.0 Å². The second-order valence-electron chi connectivity index (χ2n) is 2.74. The molecule has 0 saturated carbocycles. The van der Waals surface area contributed by atoms with Crippen molar-refractivity contribution in [2.45, 2.75) is 6.42 Å². The molecule has 2 aromatic rings. The van der Waals surface area contributed by atoms with Crippen molar-refractivity contribution in [1.29, 1.82) is 0 Å². The van der Waals surface area contributed by atoms with Gasteiger partial charge in [0.25, 0.3) is 0 Å². The van der Waals surface area contributed by atoms with E-state index >= 15 is 0 Å². The molecule has 0 saturated heterocycles. The molecular weight excluding hydrogens is 148 g/mol. The molecule has 1 aromatic heterocycles. The molecular formula is C11H10O. The van der Waals surface area contributed by atoms with Crippen LogP contribution in [0.3, 0.4) is 0 Å². The summed E-state index contributed by atoms with van der Waals surface area (Å²) in [7, 11) is 0. The highest BCUT2D eigenvalue weighted by molar-refractivity contribution is 5.77. The number of fused-ring (bicyclic) bond motifs is 1. The van der Waals surface area contributed by atoms with Gasteiger partial charge in [0.1, 0.15) is 11.3 Å². The maximum atomic E-state index is 5.54. The summed E-state index contributed by atoms with van der Waals surface area (Å²) in [6.45, 7) is 3.67. The fourth-order valence-corrected chi connectivity index (χ4v) is 1.28. The summed E-state index contributed by atoms with van der Waals surface area (Å²) < 4.78 is 5.54. The summed E-state index contributed by atoms with van der Waals surface area (Å²) in [5.74, 6) is 0.978.